The minimum Gasteiger partial charge on any atom is -0.339 e. The summed E-state index contributed by atoms with van der Waals surface area (Å²) in [4.78, 5) is 15.8. The zero-order chi connectivity index (χ0) is 14.8. The molecule has 1 amide bonds. The molecule has 0 saturated carbocycles. The van der Waals surface area contributed by atoms with E-state index in [4.69, 9.17) is 23.2 Å². The van der Waals surface area contributed by atoms with E-state index < -0.39 is 0 Å². The van der Waals surface area contributed by atoms with Gasteiger partial charge in [0.25, 0.3) is 5.91 Å². The van der Waals surface area contributed by atoms with Crippen molar-refractivity contribution in [3.8, 4) is 0 Å². The molecule has 1 aliphatic rings. The van der Waals surface area contributed by atoms with Gasteiger partial charge in [-0.3, -0.25) is 4.79 Å². The minimum absolute atomic E-state index is 0.0176. The summed E-state index contributed by atoms with van der Waals surface area (Å²) in [7, 11) is 0. The second-order valence-corrected chi connectivity index (χ2v) is 7.09. The van der Waals surface area contributed by atoms with Gasteiger partial charge in [-0.2, -0.15) is 0 Å². The highest BCUT2D eigenvalue weighted by Gasteiger charge is 2.25. The molecular weight excluding hydrogens is 325 g/mol. The standard InChI is InChI=1S/C16H15Cl2NOS/c17-13-8-12(9-14(18)10-13)16(20)19-5-3-11(4-6-19)15-2-1-7-21-15/h1-2,7-11H,3-6H2. The van der Waals surface area contributed by atoms with Crippen molar-refractivity contribution in [1.29, 1.82) is 0 Å². The normalized spacial score (nSPS) is 16.2. The molecule has 1 aromatic heterocycles. The molecule has 0 atom stereocenters. The van der Waals surface area contributed by atoms with Crippen molar-refractivity contribution in [2.75, 3.05) is 13.1 Å². The average molecular weight is 340 g/mol. The molecule has 1 fully saturated rings. The first-order valence-electron chi connectivity index (χ1n) is 6.92. The molecule has 1 saturated heterocycles. The molecule has 2 heterocycles. The Kier molecular flexibility index (Phi) is 4.53. The van der Waals surface area contributed by atoms with Crippen LogP contribution in [-0.4, -0.2) is 23.9 Å². The van der Waals surface area contributed by atoms with Crippen LogP contribution in [0.4, 0.5) is 0 Å². The second-order valence-electron chi connectivity index (χ2n) is 5.24. The highest BCUT2D eigenvalue weighted by molar-refractivity contribution is 7.10. The van der Waals surface area contributed by atoms with Gasteiger partial charge in [0.05, 0.1) is 0 Å². The van der Waals surface area contributed by atoms with Gasteiger partial charge >= 0.3 is 0 Å². The van der Waals surface area contributed by atoms with E-state index in [1.54, 1.807) is 29.5 Å². The lowest BCUT2D eigenvalue weighted by Crippen LogP contribution is -2.37. The molecule has 0 bridgehead atoms. The van der Waals surface area contributed by atoms with Crippen LogP contribution in [0.1, 0.15) is 34.0 Å². The van der Waals surface area contributed by atoms with Crippen molar-refractivity contribution < 1.29 is 4.79 Å². The second kappa shape index (κ2) is 6.39. The predicted octanol–water partition coefficient (Wildman–Crippen LogP) is 5.07. The van der Waals surface area contributed by atoms with Crippen LogP contribution in [-0.2, 0) is 0 Å². The molecule has 5 heteroatoms. The number of likely N-dealkylation sites (tertiary alicyclic amines) is 1. The molecule has 110 valence electrons. The molecule has 0 aliphatic carbocycles. The molecule has 2 nitrogen and oxygen atoms in total. The Morgan fingerprint density at radius 1 is 1.14 bits per heavy atom. The number of rotatable bonds is 2. The molecule has 0 radical (unpaired) electrons. The molecule has 21 heavy (non-hydrogen) atoms. The van der Waals surface area contributed by atoms with Gasteiger partial charge in [0.1, 0.15) is 0 Å². The van der Waals surface area contributed by atoms with Crippen LogP contribution in [0, 0.1) is 0 Å². The van der Waals surface area contributed by atoms with E-state index in [1.807, 2.05) is 4.90 Å². The highest BCUT2D eigenvalue weighted by atomic mass is 35.5. The largest absolute Gasteiger partial charge is 0.339 e. The number of thiophene rings is 1. The first kappa shape index (κ1) is 14.9. The van der Waals surface area contributed by atoms with Crippen molar-refractivity contribution in [2.24, 2.45) is 0 Å². The molecule has 0 unspecified atom stereocenters. The van der Waals surface area contributed by atoms with Gasteiger partial charge in [-0.25, -0.2) is 0 Å². The third kappa shape index (κ3) is 3.42. The summed E-state index contributed by atoms with van der Waals surface area (Å²) in [5, 5.41) is 3.11. The minimum atomic E-state index is 0.0176. The first-order valence-corrected chi connectivity index (χ1v) is 8.56. The molecule has 0 spiro atoms. The van der Waals surface area contributed by atoms with Gasteiger partial charge in [-0.1, -0.05) is 29.3 Å². The van der Waals surface area contributed by atoms with Crippen molar-refractivity contribution >= 4 is 40.4 Å². The van der Waals surface area contributed by atoms with Crippen molar-refractivity contribution in [1.82, 2.24) is 4.90 Å². The van der Waals surface area contributed by atoms with Crippen LogP contribution in [0.5, 0.6) is 0 Å². The number of hydrogen-bond acceptors (Lipinski definition) is 2. The van der Waals surface area contributed by atoms with Crippen LogP contribution < -0.4 is 0 Å². The SMILES string of the molecule is O=C(c1cc(Cl)cc(Cl)c1)N1CCC(c2cccs2)CC1. The molecule has 1 aromatic carbocycles. The van der Waals surface area contributed by atoms with Crippen LogP contribution >= 0.6 is 34.5 Å². The molecule has 2 aromatic rings. The number of nitrogens with zero attached hydrogens (tertiary/aromatic N) is 1. The predicted molar refractivity (Wildman–Crippen MR) is 88.7 cm³/mol. The molecule has 3 rings (SSSR count). The fourth-order valence-electron chi connectivity index (χ4n) is 2.75. The lowest BCUT2D eigenvalue weighted by molar-refractivity contribution is 0.0714. The summed E-state index contributed by atoms with van der Waals surface area (Å²) in [6, 6.07) is 9.28. The zero-order valence-electron chi connectivity index (χ0n) is 11.4. The Labute approximate surface area is 138 Å². The van der Waals surface area contributed by atoms with E-state index >= 15 is 0 Å². The Bertz CT molecular complexity index is 613. The Morgan fingerprint density at radius 3 is 2.38 bits per heavy atom. The van der Waals surface area contributed by atoms with E-state index in [0.29, 0.717) is 21.5 Å². The van der Waals surface area contributed by atoms with E-state index in [9.17, 15) is 4.79 Å². The fourth-order valence-corrected chi connectivity index (χ4v) is 4.18. The monoisotopic (exact) mass is 339 g/mol. The number of amides is 1. The molecule has 1 aliphatic heterocycles. The quantitative estimate of drug-likeness (QED) is 0.747. The van der Waals surface area contributed by atoms with Crippen molar-refractivity contribution in [3.63, 3.8) is 0 Å². The van der Waals surface area contributed by atoms with E-state index in [2.05, 4.69) is 17.5 Å². The number of carbonyl (C=O) groups is 1. The summed E-state index contributed by atoms with van der Waals surface area (Å²) < 4.78 is 0. The van der Waals surface area contributed by atoms with E-state index in [1.165, 1.54) is 4.88 Å². The first-order chi connectivity index (χ1) is 10.1. The summed E-state index contributed by atoms with van der Waals surface area (Å²) in [5.74, 6) is 0.598. The van der Waals surface area contributed by atoms with Crippen LogP contribution in [0.2, 0.25) is 10.0 Å². The number of carbonyl (C=O) groups excluding carboxylic acids is 1. The lowest BCUT2D eigenvalue weighted by Gasteiger charge is -2.31. The van der Waals surface area contributed by atoms with Gasteiger partial charge in [-0.15, -0.1) is 11.3 Å². The fraction of sp³-hybridized carbons (Fsp3) is 0.312. The van der Waals surface area contributed by atoms with Gasteiger partial charge in [0, 0.05) is 33.6 Å². The van der Waals surface area contributed by atoms with Gasteiger partial charge in [-0.05, 0) is 48.4 Å². The number of hydrogen-bond donors (Lipinski definition) is 0. The summed E-state index contributed by atoms with van der Waals surface area (Å²) in [5.41, 5.74) is 0.571. The summed E-state index contributed by atoms with van der Waals surface area (Å²) in [6.07, 6.45) is 2.03. The van der Waals surface area contributed by atoms with Crippen LogP contribution in [0.15, 0.2) is 35.7 Å². The van der Waals surface area contributed by atoms with Gasteiger partial charge in [0.15, 0.2) is 0 Å². The smallest absolute Gasteiger partial charge is 0.253 e. The maximum Gasteiger partial charge on any atom is 0.253 e. The topological polar surface area (TPSA) is 20.3 Å². The van der Waals surface area contributed by atoms with Crippen molar-refractivity contribution in [3.05, 3.63) is 56.2 Å². The Hall–Kier alpha value is -1.03. The zero-order valence-corrected chi connectivity index (χ0v) is 13.7. The third-order valence-corrected chi connectivity index (χ3v) is 5.31. The number of piperidine rings is 1. The van der Waals surface area contributed by atoms with E-state index in [0.717, 1.165) is 25.9 Å². The molecular formula is C16H15Cl2NOS. The number of benzene rings is 1. The summed E-state index contributed by atoms with van der Waals surface area (Å²) in [6.45, 7) is 1.57. The lowest BCUT2D eigenvalue weighted by atomic mass is 9.95. The van der Waals surface area contributed by atoms with Crippen LogP contribution in [0.3, 0.4) is 0 Å². The maximum absolute atomic E-state index is 12.5. The van der Waals surface area contributed by atoms with Crippen LogP contribution in [0.25, 0.3) is 0 Å². The number of halogens is 2. The third-order valence-electron chi connectivity index (χ3n) is 3.84. The average Bonchev–Trinajstić information content (AvgIpc) is 3.00. The Morgan fingerprint density at radius 2 is 1.81 bits per heavy atom. The highest BCUT2D eigenvalue weighted by Crippen LogP contribution is 2.31. The van der Waals surface area contributed by atoms with Gasteiger partial charge < -0.3 is 4.90 Å². The maximum atomic E-state index is 12.5. The summed E-state index contributed by atoms with van der Waals surface area (Å²) >= 11 is 13.7. The van der Waals surface area contributed by atoms with Gasteiger partial charge in [0.2, 0.25) is 0 Å². The van der Waals surface area contributed by atoms with Crippen molar-refractivity contribution in [2.45, 2.75) is 18.8 Å². The molecule has 0 N–H and O–H groups in total. The van der Waals surface area contributed by atoms with E-state index in [-0.39, 0.29) is 5.91 Å². The Balaban J connectivity index is 1.67.